The van der Waals surface area contributed by atoms with Crippen LogP contribution in [0, 0.1) is 18.3 Å². The number of nitriles is 1. The van der Waals surface area contributed by atoms with Gasteiger partial charge in [-0.1, -0.05) is 17.7 Å². The molecular weight excluding hydrogens is 200 g/mol. The minimum absolute atomic E-state index is 0.351. The van der Waals surface area contributed by atoms with Crippen molar-refractivity contribution in [3.05, 3.63) is 47.8 Å². The second-order valence-electron chi connectivity index (χ2n) is 3.37. The lowest BCUT2D eigenvalue weighted by Crippen LogP contribution is -1.97. The molecule has 4 heteroatoms. The Bertz CT molecular complexity index is 525. The van der Waals surface area contributed by atoms with E-state index in [9.17, 15) is 0 Å². The molecule has 1 aromatic carbocycles. The van der Waals surface area contributed by atoms with Gasteiger partial charge in [-0.2, -0.15) is 5.26 Å². The highest BCUT2D eigenvalue weighted by atomic mass is 15.1. The van der Waals surface area contributed by atoms with Gasteiger partial charge in [0.2, 0.25) is 5.95 Å². The van der Waals surface area contributed by atoms with E-state index in [0.29, 0.717) is 11.6 Å². The Kier molecular flexibility index (Phi) is 2.79. The number of aryl methyl sites for hydroxylation is 1. The second kappa shape index (κ2) is 4.41. The summed E-state index contributed by atoms with van der Waals surface area (Å²) >= 11 is 0. The average molecular weight is 210 g/mol. The molecule has 2 rings (SSSR count). The van der Waals surface area contributed by atoms with Crippen LogP contribution < -0.4 is 5.32 Å². The summed E-state index contributed by atoms with van der Waals surface area (Å²) in [6, 6.07) is 11.4. The van der Waals surface area contributed by atoms with E-state index in [2.05, 4.69) is 15.3 Å². The van der Waals surface area contributed by atoms with E-state index in [1.54, 1.807) is 12.3 Å². The first kappa shape index (κ1) is 10.1. The molecule has 2 aromatic rings. The van der Waals surface area contributed by atoms with Crippen LogP contribution in [0.3, 0.4) is 0 Å². The predicted octanol–water partition coefficient (Wildman–Crippen LogP) is 2.40. The minimum atomic E-state index is 0.351. The van der Waals surface area contributed by atoms with E-state index in [-0.39, 0.29) is 0 Å². The number of rotatable bonds is 2. The molecule has 4 nitrogen and oxygen atoms in total. The van der Waals surface area contributed by atoms with Gasteiger partial charge in [0.05, 0.1) is 0 Å². The third kappa shape index (κ3) is 2.34. The molecule has 0 unspecified atom stereocenters. The van der Waals surface area contributed by atoms with Crippen molar-refractivity contribution in [3.63, 3.8) is 0 Å². The van der Waals surface area contributed by atoms with Crippen molar-refractivity contribution in [1.29, 1.82) is 5.26 Å². The van der Waals surface area contributed by atoms with Gasteiger partial charge in [-0.05, 0) is 25.1 Å². The lowest BCUT2D eigenvalue weighted by atomic mass is 10.2. The molecule has 1 heterocycles. The number of nitrogens with zero attached hydrogens (tertiary/aromatic N) is 3. The largest absolute Gasteiger partial charge is 0.324 e. The van der Waals surface area contributed by atoms with Gasteiger partial charge in [0, 0.05) is 11.9 Å². The maximum atomic E-state index is 8.70. The SMILES string of the molecule is Cc1ccc(Nc2nccc(C#N)n2)cc1. The third-order valence-electron chi connectivity index (χ3n) is 2.08. The number of anilines is 2. The molecule has 0 radical (unpaired) electrons. The molecule has 0 spiro atoms. The second-order valence-corrected chi connectivity index (χ2v) is 3.37. The average Bonchev–Trinajstić information content (AvgIpc) is 2.32. The summed E-state index contributed by atoms with van der Waals surface area (Å²) in [6.07, 6.45) is 1.56. The summed E-state index contributed by atoms with van der Waals surface area (Å²) in [7, 11) is 0. The molecule has 0 aliphatic carbocycles. The van der Waals surface area contributed by atoms with Crippen molar-refractivity contribution in [2.45, 2.75) is 6.92 Å². The zero-order chi connectivity index (χ0) is 11.4. The van der Waals surface area contributed by atoms with Crippen LogP contribution in [0.4, 0.5) is 11.6 Å². The summed E-state index contributed by atoms with van der Waals surface area (Å²) < 4.78 is 0. The Morgan fingerprint density at radius 1 is 1.19 bits per heavy atom. The maximum absolute atomic E-state index is 8.70. The highest BCUT2D eigenvalue weighted by Gasteiger charge is 1.98. The summed E-state index contributed by atoms with van der Waals surface area (Å²) in [5.41, 5.74) is 2.45. The van der Waals surface area contributed by atoms with Crippen molar-refractivity contribution >= 4 is 11.6 Å². The van der Waals surface area contributed by atoms with Crippen LogP contribution >= 0.6 is 0 Å². The van der Waals surface area contributed by atoms with E-state index >= 15 is 0 Å². The van der Waals surface area contributed by atoms with Gasteiger partial charge in [0.1, 0.15) is 11.8 Å². The van der Waals surface area contributed by atoms with Gasteiger partial charge in [-0.15, -0.1) is 0 Å². The molecule has 78 valence electrons. The Morgan fingerprint density at radius 3 is 2.62 bits per heavy atom. The fraction of sp³-hybridized carbons (Fsp3) is 0.0833. The van der Waals surface area contributed by atoms with E-state index in [1.807, 2.05) is 37.3 Å². The van der Waals surface area contributed by atoms with Gasteiger partial charge in [0.15, 0.2) is 0 Å². The number of benzene rings is 1. The zero-order valence-corrected chi connectivity index (χ0v) is 8.81. The fourth-order valence-electron chi connectivity index (χ4n) is 1.25. The van der Waals surface area contributed by atoms with E-state index in [4.69, 9.17) is 5.26 Å². The minimum Gasteiger partial charge on any atom is -0.324 e. The topological polar surface area (TPSA) is 61.6 Å². The Labute approximate surface area is 93.6 Å². The molecule has 0 saturated heterocycles. The van der Waals surface area contributed by atoms with Crippen LogP contribution in [0.25, 0.3) is 0 Å². The molecule has 0 atom stereocenters. The summed E-state index contributed by atoms with van der Waals surface area (Å²) in [5, 5.41) is 11.7. The smallest absolute Gasteiger partial charge is 0.228 e. The molecular formula is C12H10N4. The lowest BCUT2D eigenvalue weighted by molar-refractivity contribution is 1.14. The van der Waals surface area contributed by atoms with Crippen LogP contribution in [0.2, 0.25) is 0 Å². The predicted molar refractivity (Wildman–Crippen MR) is 61.2 cm³/mol. The maximum Gasteiger partial charge on any atom is 0.228 e. The van der Waals surface area contributed by atoms with Crippen LogP contribution in [-0.2, 0) is 0 Å². The van der Waals surface area contributed by atoms with Crippen LogP contribution in [0.15, 0.2) is 36.5 Å². The Hall–Kier alpha value is -2.41. The van der Waals surface area contributed by atoms with Crippen LogP contribution in [0.5, 0.6) is 0 Å². The normalized spacial score (nSPS) is 9.50. The number of hydrogen-bond acceptors (Lipinski definition) is 4. The summed E-state index contributed by atoms with van der Waals surface area (Å²) in [4.78, 5) is 8.06. The van der Waals surface area contributed by atoms with E-state index < -0.39 is 0 Å². The molecule has 0 amide bonds. The number of nitrogens with one attached hydrogen (secondary N) is 1. The lowest BCUT2D eigenvalue weighted by Gasteiger charge is -2.04. The van der Waals surface area contributed by atoms with Crippen molar-refractivity contribution in [3.8, 4) is 6.07 Å². The highest BCUT2D eigenvalue weighted by molar-refractivity contribution is 5.53. The Morgan fingerprint density at radius 2 is 1.94 bits per heavy atom. The molecule has 0 saturated carbocycles. The molecule has 0 aliphatic rings. The van der Waals surface area contributed by atoms with Crippen LogP contribution in [-0.4, -0.2) is 9.97 Å². The highest BCUT2D eigenvalue weighted by Crippen LogP contribution is 2.13. The first-order valence-electron chi connectivity index (χ1n) is 4.85. The third-order valence-corrected chi connectivity index (χ3v) is 2.08. The number of hydrogen-bond donors (Lipinski definition) is 1. The van der Waals surface area contributed by atoms with Gasteiger partial charge in [-0.3, -0.25) is 0 Å². The van der Waals surface area contributed by atoms with Crippen molar-refractivity contribution in [2.75, 3.05) is 5.32 Å². The fourth-order valence-corrected chi connectivity index (χ4v) is 1.25. The quantitative estimate of drug-likeness (QED) is 0.826. The number of aromatic nitrogens is 2. The van der Waals surface area contributed by atoms with Gasteiger partial charge in [-0.25, -0.2) is 9.97 Å². The standard InChI is InChI=1S/C12H10N4/c1-9-2-4-10(5-3-9)15-12-14-7-6-11(8-13)16-12/h2-7H,1H3,(H,14,15,16). The molecule has 0 fully saturated rings. The monoisotopic (exact) mass is 210 g/mol. The molecule has 1 aromatic heterocycles. The van der Waals surface area contributed by atoms with Gasteiger partial charge >= 0.3 is 0 Å². The molecule has 0 aliphatic heterocycles. The first-order valence-corrected chi connectivity index (χ1v) is 4.85. The van der Waals surface area contributed by atoms with Gasteiger partial charge in [0.25, 0.3) is 0 Å². The van der Waals surface area contributed by atoms with E-state index in [0.717, 1.165) is 5.69 Å². The zero-order valence-electron chi connectivity index (χ0n) is 8.81. The van der Waals surface area contributed by atoms with Crippen molar-refractivity contribution in [1.82, 2.24) is 9.97 Å². The van der Waals surface area contributed by atoms with Gasteiger partial charge < -0.3 is 5.32 Å². The van der Waals surface area contributed by atoms with Crippen molar-refractivity contribution in [2.24, 2.45) is 0 Å². The molecule has 16 heavy (non-hydrogen) atoms. The van der Waals surface area contributed by atoms with Crippen molar-refractivity contribution < 1.29 is 0 Å². The summed E-state index contributed by atoms with van der Waals surface area (Å²) in [6.45, 7) is 2.02. The van der Waals surface area contributed by atoms with E-state index in [1.165, 1.54) is 5.56 Å². The van der Waals surface area contributed by atoms with Crippen LogP contribution in [0.1, 0.15) is 11.3 Å². The summed E-state index contributed by atoms with van der Waals surface area (Å²) in [5.74, 6) is 0.433. The first-order chi connectivity index (χ1) is 7.78. The Balaban J connectivity index is 2.21. The molecule has 1 N–H and O–H groups in total. The molecule has 0 bridgehead atoms.